The molecule has 1 aliphatic rings. The Labute approximate surface area is 166 Å². The van der Waals surface area contributed by atoms with E-state index in [0.29, 0.717) is 18.0 Å². The second-order valence-corrected chi connectivity index (χ2v) is 6.82. The van der Waals surface area contributed by atoms with Crippen LogP contribution in [-0.2, 0) is 15.8 Å². The fourth-order valence-corrected chi connectivity index (χ4v) is 3.08. The van der Waals surface area contributed by atoms with Crippen LogP contribution in [0, 0.1) is 5.92 Å². The van der Waals surface area contributed by atoms with Crippen LogP contribution in [0.5, 0.6) is 5.75 Å². The second kappa shape index (κ2) is 8.55. The van der Waals surface area contributed by atoms with Crippen LogP contribution in [0.2, 0.25) is 0 Å². The van der Waals surface area contributed by atoms with Gasteiger partial charge in [-0.15, -0.1) is 0 Å². The molecule has 1 N–H and O–H groups in total. The summed E-state index contributed by atoms with van der Waals surface area (Å²) in [6.45, 7) is 2.63. The summed E-state index contributed by atoms with van der Waals surface area (Å²) in [5, 5.41) is 2.74. The SMILES string of the molecule is CCCOc1ccc(NC(=O)[C@@H]2CC(=O)N(c3cccc(C(F)(F)F)c3)C2)cc1. The predicted octanol–water partition coefficient (Wildman–Crippen LogP) is 4.49. The molecule has 0 aliphatic carbocycles. The Morgan fingerprint density at radius 3 is 2.59 bits per heavy atom. The van der Waals surface area contributed by atoms with Crippen molar-refractivity contribution < 1.29 is 27.5 Å². The summed E-state index contributed by atoms with van der Waals surface area (Å²) in [5.74, 6) is -0.687. The monoisotopic (exact) mass is 406 g/mol. The van der Waals surface area contributed by atoms with Crippen molar-refractivity contribution in [1.82, 2.24) is 0 Å². The van der Waals surface area contributed by atoms with Crippen molar-refractivity contribution in [3.63, 3.8) is 0 Å². The Bertz CT molecular complexity index is 881. The zero-order valence-electron chi connectivity index (χ0n) is 15.8. The highest BCUT2D eigenvalue weighted by molar-refractivity contribution is 6.03. The number of carbonyl (C=O) groups is 2. The van der Waals surface area contributed by atoms with E-state index in [-0.39, 0.29) is 30.5 Å². The van der Waals surface area contributed by atoms with Crippen molar-refractivity contribution >= 4 is 23.2 Å². The molecule has 154 valence electrons. The molecular formula is C21H21F3N2O3. The van der Waals surface area contributed by atoms with Crippen molar-refractivity contribution in [3.8, 4) is 5.75 Å². The first-order chi connectivity index (χ1) is 13.8. The van der Waals surface area contributed by atoms with E-state index >= 15 is 0 Å². The number of halogens is 3. The molecule has 0 saturated carbocycles. The van der Waals surface area contributed by atoms with Crippen LogP contribution in [0.1, 0.15) is 25.3 Å². The highest BCUT2D eigenvalue weighted by atomic mass is 19.4. The van der Waals surface area contributed by atoms with E-state index in [1.54, 1.807) is 24.3 Å². The van der Waals surface area contributed by atoms with E-state index in [1.807, 2.05) is 6.92 Å². The summed E-state index contributed by atoms with van der Waals surface area (Å²) >= 11 is 0. The summed E-state index contributed by atoms with van der Waals surface area (Å²) in [6.07, 6.45) is -3.67. The maximum absolute atomic E-state index is 12.9. The van der Waals surface area contributed by atoms with Crippen molar-refractivity contribution in [2.45, 2.75) is 25.9 Å². The van der Waals surface area contributed by atoms with E-state index in [1.165, 1.54) is 17.0 Å². The van der Waals surface area contributed by atoms with Crippen molar-refractivity contribution in [2.24, 2.45) is 5.92 Å². The van der Waals surface area contributed by atoms with E-state index in [9.17, 15) is 22.8 Å². The fourth-order valence-electron chi connectivity index (χ4n) is 3.08. The third kappa shape index (κ3) is 5.07. The van der Waals surface area contributed by atoms with E-state index in [4.69, 9.17) is 4.74 Å². The highest BCUT2D eigenvalue weighted by Gasteiger charge is 2.37. The second-order valence-electron chi connectivity index (χ2n) is 6.82. The molecule has 0 unspecified atom stereocenters. The third-order valence-electron chi connectivity index (χ3n) is 4.58. The molecule has 1 fully saturated rings. The van der Waals surface area contributed by atoms with Crippen LogP contribution >= 0.6 is 0 Å². The van der Waals surface area contributed by atoms with Gasteiger partial charge in [-0.05, 0) is 48.9 Å². The van der Waals surface area contributed by atoms with Crippen LogP contribution in [-0.4, -0.2) is 25.0 Å². The highest BCUT2D eigenvalue weighted by Crippen LogP contribution is 2.33. The Kier molecular flexibility index (Phi) is 6.10. The van der Waals surface area contributed by atoms with Crippen molar-refractivity contribution in [1.29, 1.82) is 0 Å². The summed E-state index contributed by atoms with van der Waals surface area (Å²) < 4.78 is 44.2. The molecule has 8 heteroatoms. The first kappa shape index (κ1) is 20.7. The van der Waals surface area contributed by atoms with Gasteiger partial charge in [-0.3, -0.25) is 9.59 Å². The number of hydrogen-bond donors (Lipinski definition) is 1. The number of carbonyl (C=O) groups excluding carboxylic acids is 2. The Balaban J connectivity index is 1.64. The van der Waals surface area contributed by atoms with Gasteiger partial charge in [0, 0.05) is 24.3 Å². The van der Waals surface area contributed by atoms with Gasteiger partial charge in [0.2, 0.25) is 11.8 Å². The zero-order chi connectivity index (χ0) is 21.0. The first-order valence-corrected chi connectivity index (χ1v) is 9.29. The minimum atomic E-state index is -4.50. The molecule has 2 aromatic rings. The number of benzene rings is 2. The number of rotatable bonds is 6. The lowest BCUT2D eigenvalue weighted by Crippen LogP contribution is -2.28. The number of nitrogens with zero attached hydrogens (tertiary/aromatic N) is 1. The molecule has 3 rings (SSSR count). The first-order valence-electron chi connectivity index (χ1n) is 9.29. The molecule has 0 bridgehead atoms. The number of ether oxygens (including phenoxy) is 1. The lowest BCUT2D eigenvalue weighted by atomic mass is 10.1. The Morgan fingerprint density at radius 1 is 1.21 bits per heavy atom. The molecule has 0 spiro atoms. The number of nitrogens with one attached hydrogen (secondary N) is 1. The largest absolute Gasteiger partial charge is 0.494 e. The molecule has 2 amide bonds. The van der Waals surface area contributed by atoms with Gasteiger partial charge in [-0.2, -0.15) is 13.2 Å². The molecule has 1 aliphatic heterocycles. The van der Waals surface area contributed by atoms with Gasteiger partial charge in [0.15, 0.2) is 0 Å². The Hall–Kier alpha value is -3.03. The van der Waals surface area contributed by atoms with Crippen LogP contribution in [0.3, 0.4) is 0 Å². The average Bonchev–Trinajstić information content (AvgIpc) is 3.09. The molecule has 0 aromatic heterocycles. The van der Waals surface area contributed by atoms with E-state index < -0.39 is 17.7 Å². The summed E-state index contributed by atoms with van der Waals surface area (Å²) in [6, 6.07) is 11.4. The van der Waals surface area contributed by atoms with E-state index in [2.05, 4.69) is 5.32 Å². The molecule has 1 atom stereocenters. The van der Waals surface area contributed by atoms with Gasteiger partial charge in [-0.1, -0.05) is 13.0 Å². The lowest BCUT2D eigenvalue weighted by molar-refractivity contribution is -0.137. The molecule has 2 aromatic carbocycles. The van der Waals surface area contributed by atoms with Gasteiger partial charge in [0.25, 0.3) is 0 Å². The van der Waals surface area contributed by atoms with Crippen molar-refractivity contribution in [2.75, 3.05) is 23.4 Å². The van der Waals surface area contributed by atoms with Gasteiger partial charge in [0.1, 0.15) is 5.75 Å². The third-order valence-corrected chi connectivity index (χ3v) is 4.58. The van der Waals surface area contributed by atoms with Crippen LogP contribution in [0.4, 0.5) is 24.5 Å². The Morgan fingerprint density at radius 2 is 1.93 bits per heavy atom. The average molecular weight is 406 g/mol. The summed E-state index contributed by atoms with van der Waals surface area (Å²) in [4.78, 5) is 26.0. The zero-order valence-corrected chi connectivity index (χ0v) is 15.8. The minimum Gasteiger partial charge on any atom is -0.494 e. The van der Waals surface area contributed by atoms with Gasteiger partial charge in [0.05, 0.1) is 18.1 Å². The number of amides is 2. The smallest absolute Gasteiger partial charge is 0.416 e. The number of hydrogen-bond acceptors (Lipinski definition) is 3. The molecule has 1 saturated heterocycles. The minimum absolute atomic E-state index is 0.0314. The van der Waals surface area contributed by atoms with Crippen LogP contribution in [0.25, 0.3) is 0 Å². The van der Waals surface area contributed by atoms with Gasteiger partial charge in [-0.25, -0.2) is 0 Å². The maximum atomic E-state index is 12.9. The van der Waals surface area contributed by atoms with Crippen LogP contribution < -0.4 is 15.0 Å². The predicted molar refractivity (Wildman–Crippen MR) is 103 cm³/mol. The molecule has 29 heavy (non-hydrogen) atoms. The molecule has 0 radical (unpaired) electrons. The topological polar surface area (TPSA) is 58.6 Å². The van der Waals surface area contributed by atoms with Gasteiger partial charge < -0.3 is 15.0 Å². The van der Waals surface area contributed by atoms with Crippen molar-refractivity contribution in [3.05, 3.63) is 54.1 Å². The number of anilines is 2. The molecule has 1 heterocycles. The van der Waals surface area contributed by atoms with Crippen LogP contribution in [0.15, 0.2) is 48.5 Å². The normalized spacial score (nSPS) is 16.8. The van der Waals surface area contributed by atoms with E-state index in [0.717, 1.165) is 18.6 Å². The lowest BCUT2D eigenvalue weighted by Gasteiger charge is -2.18. The molecule has 5 nitrogen and oxygen atoms in total. The summed E-state index contributed by atoms with van der Waals surface area (Å²) in [7, 11) is 0. The fraction of sp³-hybridized carbons (Fsp3) is 0.333. The molecular weight excluding hydrogens is 385 g/mol. The summed E-state index contributed by atoms with van der Waals surface area (Å²) in [5.41, 5.74) is -0.137. The van der Waals surface area contributed by atoms with Gasteiger partial charge >= 0.3 is 6.18 Å². The standard InChI is InChI=1S/C21H21F3N2O3/c1-2-10-29-18-8-6-16(7-9-18)25-20(28)14-11-19(27)26(13-14)17-5-3-4-15(12-17)21(22,23)24/h3-9,12,14H,2,10-11,13H2,1H3,(H,25,28)/t14-/m1/s1. The quantitative estimate of drug-likeness (QED) is 0.769. The number of alkyl halides is 3. The maximum Gasteiger partial charge on any atom is 0.416 e.